The normalized spacial score (nSPS) is 10.9. The molecule has 154 valence electrons. The summed E-state index contributed by atoms with van der Waals surface area (Å²) in [6, 6.07) is 13.0. The van der Waals surface area contributed by atoms with Crippen LogP contribution in [0.25, 0.3) is 0 Å². The molecule has 0 saturated heterocycles. The summed E-state index contributed by atoms with van der Waals surface area (Å²) < 4.78 is 18.3. The van der Waals surface area contributed by atoms with Crippen molar-refractivity contribution in [2.75, 3.05) is 18.5 Å². The van der Waals surface area contributed by atoms with Gasteiger partial charge in [0.25, 0.3) is 11.8 Å². The van der Waals surface area contributed by atoms with Gasteiger partial charge in [0.15, 0.2) is 6.61 Å². The summed E-state index contributed by atoms with van der Waals surface area (Å²) in [5, 5.41) is 4.95. The van der Waals surface area contributed by atoms with Crippen LogP contribution in [-0.4, -0.2) is 30.9 Å². The highest BCUT2D eigenvalue weighted by molar-refractivity contribution is 5.94. The Morgan fingerprint density at radius 2 is 1.66 bits per heavy atom. The van der Waals surface area contributed by atoms with Crippen LogP contribution in [0.3, 0.4) is 0 Å². The highest BCUT2D eigenvalue weighted by Gasteiger charge is 2.15. The predicted molar refractivity (Wildman–Crippen MR) is 108 cm³/mol. The number of carbonyl (C=O) groups excluding carboxylic acids is 3. The summed E-state index contributed by atoms with van der Waals surface area (Å²) >= 11 is 0. The van der Waals surface area contributed by atoms with Gasteiger partial charge < -0.3 is 15.4 Å². The number of esters is 1. The molecule has 2 aromatic rings. The van der Waals surface area contributed by atoms with E-state index in [4.69, 9.17) is 4.74 Å². The van der Waals surface area contributed by atoms with E-state index in [1.807, 2.05) is 12.1 Å². The molecule has 0 aliphatic heterocycles. The molecule has 0 atom stereocenters. The molecule has 2 aromatic carbocycles. The average molecular weight is 400 g/mol. The van der Waals surface area contributed by atoms with Gasteiger partial charge in [-0.2, -0.15) is 0 Å². The van der Waals surface area contributed by atoms with E-state index in [1.54, 1.807) is 18.2 Å². The third-order valence-electron chi connectivity index (χ3n) is 4.14. The van der Waals surface area contributed by atoms with Gasteiger partial charge in [0, 0.05) is 12.1 Å². The minimum absolute atomic E-state index is 0.00264. The Hall–Kier alpha value is -3.22. The minimum Gasteiger partial charge on any atom is -0.456 e. The van der Waals surface area contributed by atoms with Crippen molar-refractivity contribution in [3.8, 4) is 0 Å². The maximum absolute atomic E-state index is 13.4. The molecule has 0 fully saturated rings. The third-order valence-corrected chi connectivity index (χ3v) is 4.14. The molecular weight excluding hydrogens is 375 g/mol. The number of rotatable bonds is 7. The Kier molecular flexibility index (Phi) is 7.47. The van der Waals surface area contributed by atoms with Crippen LogP contribution >= 0.6 is 0 Å². The molecule has 0 heterocycles. The summed E-state index contributed by atoms with van der Waals surface area (Å²) in [7, 11) is 0. The van der Waals surface area contributed by atoms with Crippen molar-refractivity contribution in [1.82, 2.24) is 5.32 Å². The van der Waals surface area contributed by atoms with E-state index >= 15 is 0 Å². The van der Waals surface area contributed by atoms with Crippen LogP contribution in [0.4, 0.5) is 10.1 Å². The first-order valence-corrected chi connectivity index (χ1v) is 9.25. The number of hydrogen-bond acceptors (Lipinski definition) is 4. The molecule has 7 heteroatoms. The minimum atomic E-state index is -0.647. The zero-order chi connectivity index (χ0) is 21.4. The Morgan fingerprint density at radius 3 is 2.28 bits per heavy atom. The van der Waals surface area contributed by atoms with E-state index in [9.17, 15) is 18.8 Å². The van der Waals surface area contributed by atoms with Crippen LogP contribution < -0.4 is 10.6 Å². The maximum atomic E-state index is 13.4. The van der Waals surface area contributed by atoms with Gasteiger partial charge in [-0.05, 0) is 35.2 Å². The van der Waals surface area contributed by atoms with Crippen LogP contribution in [0.5, 0.6) is 0 Å². The Balaban J connectivity index is 1.70. The molecule has 0 unspecified atom stereocenters. The first-order valence-electron chi connectivity index (χ1n) is 9.25. The average Bonchev–Trinajstić information content (AvgIpc) is 2.67. The van der Waals surface area contributed by atoms with Gasteiger partial charge in [-0.3, -0.25) is 14.4 Å². The molecule has 2 rings (SSSR count). The van der Waals surface area contributed by atoms with Crippen LogP contribution in [0.2, 0.25) is 0 Å². The molecule has 0 aliphatic carbocycles. The second kappa shape index (κ2) is 9.82. The van der Waals surface area contributed by atoms with Gasteiger partial charge >= 0.3 is 5.97 Å². The van der Waals surface area contributed by atoms with Crippen molar-refractivity contribution >= 4 is 23.5 Å². The maximum Gasteiger partial charge on any atom is 0.308 e. The van der Waals surface area contributed by atoms with Gasteiger partial charge in [0.1, 0.15) is 5.82 Å². The molecule has 0 aromatic heterocycles. The Morgan fingerprint density at radius 1 is 1.00 bits per heavy atom. The zero-order valence-electron chi connectivity index (χ0n) is 16.8. The molecule has 0 saturated carbocycles. The van der Waals surface area contributed by atoms with Gasteiger partial charge in [-0.1, -0.05) is 45.0 Å². The number of carbonyl (C=O) groups is 3. The van der Waals surface area contributed by atoms with E-state index in [-0.39, 0.29) is 30.0 Å². The van der Waals surface area contributed by atoms with Crippen LogP contribution in [0.15, 0.2) is 48.5 Å². The zero-order valence-corrected chi connectivity index (χ0v) is 16.8. The molecule has 6 nitrogen and oxygen atoms in total. The topological polar surface area (TPSA) is 84.5 Å². The molecule has 0 bridgehead atoms. The highest BCUT2D eigenvalue weighted by Crippen LogP contribution is 2.22. The standard InChI is InChI=1S/C22H25FN2O4/c1-22(2,3)16-10-8-15(9-11-16)21(28)24-13-12-20(27)29-14-19(26)25-18-7-5-4-6-17(18)23/h4-11H,12-14H2,1-3H3,(H,24,28)(H,25,26). The molecule has 0 aliphatic rings. The van der Waals surface area contributed by atoms with E-state index in [1.165, 1.54) is 18.2 Å². The smallest absolute Gasteiger partial charge is 0.308 e. The van der Waals surface area contributed by atoms with Crippen LogP contribution in [-0.2, 0) is 19.7 Å². The second-order valence-electron chi connectivity index (χ2n) is 7.52. The number of nitrogens with one attached hydrogen (secondary N) is 2. The molecule has 0 spiro atoms. The lowest BCUT2D eigenvalue weighted by molar-refractivity contribution is -0.147. The lowest BCUT2D eigenvalue weighted by atomic mass is 9.87. The van der Waals surface area contributed by atoms with Gasteiger partial charge in [-0.25, -0.2) is 4.39 Å². The van der Waals surface area contributed by atoms with E-state index in [0.717, 1.165) is 5.56 Å². The van der Waals surface area contributed by atoms with Gasteiger partial charge in [0.2, 0.25) is 0 Å². The van der Waals surface area contributed by atoms with Crippen molar-refractivity contribution in [2.24, 2.45) is 0 Å². The third kappa shape index (κ3) is 7.03. The van der Waals surface area contributed by atoms with Gasteiger partial charge in [0.05, 0.1) is 12.1 Å². The van der Waals surface area contributed by atoms with Crippen molar-refractivity contribution in [3.05, 3.63) is 65.5 Å². The number of hydrogen-bond donors (Lipinski definition) is 2. The Labute approximate surface area is 169 Å². The lowest BCUT2D eigenvalue weighted by Crippen LogP contribution is -2.28. The predicted octanol–water partition coefficient (Wildman–Crippen LogP) is 3.43. The number of halogens is 1. The van der Waals surface area contributed by atoms with Crippen molar-refractivity contribution in [2.45, 2.75) is 32.6 Å². The summed E-state index contributed by atoms with van der Waals surface area (Å²) in [5.74, 6) is -2.16. The van der Waals surface area contributed by atoms with E-state index in [2.05, 4.69) is 31.4 Å². The first-order chi connectivity index (χ1) is 13.7. The highest BCUT2D eigenvalue weighted by atomic mass is 19.1. The summed E-state index contributed by atoms with van der Waals surface area (Å²) in [5.41, 5.74) is 1.62. The fraction of sp³-hybridized carbons (Fsp3) is 0.318. The molecule has 2 N–H and O–H groups in total. The number of amides is 2. The quantitative estimate of drug-likeness (QED) is 0.698. The van der Waals surface area contributed by atoms with Crippen LogP contribution in [0, 0.1) is 5.82 Å². The lowest BCUT2D eigenvalue weighted by Gasteiger charge is -2.19. The fourth-order valence-electron chi connectivity index (χ4n) is 2.47. The number of anilines is 1. The van der Waals surface area contributed by atoms with Crippen LogP contribution in [0.1, 0.15) is 43.1 Å². The second-order valence-corrected chi connectivity index (χ2v) is 7.52. The first kappa shape index (κ1) is 22.1. The van der Waals surface area contributed by atoms with E-state index in [0.29, 0.717) is 5.56 Å². The number of para-hydroxylation sites is 1. The largest absolute Gasteiger partial charge is 0.456 e. The summed E-state index contributed by atoms with van der Waals surface area (Å²) in [6.45, 7) is 5.81. The number of benzene rings is 2. The SMILES string of the molecule is CC(C)(C)c1ccc(C(=O)NCCC(=O)OCC(=O)Nc2ccccc2F)cc1. The molecule has 0 radical (unpaired) electrons. The monoisotopic (exact) mass is 400 g/mol. The summed E-state index contributed by atoms with van der Waals surface area (Å²) in [4.78, 5) is 35.5. The number of ether oxygens (including phenoxy) is 1. The molecule has 29 heavy (non-hydrogen) atoms. The fourth-order valence-corrected chi connectivity index (χ4v) is 2.47. The van der Waals surface area contributed by atoms with Gasteiger partial charge in [-0.15, -0.1) is 0 Å². The summed E-state index contributed by atoms with van der Waals surface area (Å²) in [6.07, 6.45) is -0.0845. The Bertz CT molecular complexity index is 873. The van der Waals surface area contributed by atoms with Crippen molar-refractivity contribution < 1.29 is 23.5 Å². The van der Waals surface area contributed by atoms with E-state index < -0.39 is 24.3 Å². The van der Waals surface area contributed by atoms with Crippen molar-refractivity contribution in [1.29, 1.82) is 0 Å². The van der Waals surface area contributed by atoms with Crippen molar-refractivity contribution in [3.63, 3.8) is 0 Å². The molecular formula is C22H25FN2O4. The molecule has 2 amide bonds.